The molecule has 0 bridgehead atoms. The van der Waals surface area contributed by atoms with E-state index in [-0.39, 0.29) is 4.77 Å². The average Bonchev–Trinajstić information content (AvgIpc) is 2.86. The summed E-state index contributed by atoms with van der Waals surface area (Å²) in [7, 11) is 0. The van der Waals surface area contributed by atoms with E-state index in [1.165, 1.54) is 9.58 Å². The maximum atomic E-state index is 11.5. The first-order valence-corrected chi connectivity index (χ1v) is 5.95. The number of tetrazole rings is 1. The Balaban J connectivity index is 2.45. The van der Waals surface area contributed by atoms with Crippen molar-refractivity contribution in [2.45, 2.75) is 6.92 Å². The van der Waals surface area contributed by atoms with Crippen LogP contribution in [0.1, 0.15) is 6.92 Å². The monoisotopic (exact) mass is 277 g/mol. The van der Waals surface area contributed by atoms with E-state index in [2.05, 4.69) is 15.5 Å². The number of nitrogens with zero attached hydrogens (tertiary/aromatic N) is 4. The molecule has 98 valence electrons. The fraction of sp³-hybridized carbons (Fsp3) is 0.182. The van der Waals surface area contributed by atoms with Crippen LogP contribution in [0.25, 0.3) is 5.69 Å². The summed E-state index contributed by atoms with van der Waals surface area (Å²) in [5.41, 5.74) is 1.29. The minimum atomic E-state index is -0.592. The second-order valence-electron chi connectivity index (χ2n) is 3.64. The lowest BCUT2D eigenvalue weighted by molar-refractivity contribution is -0.129. The van der Waals surface area contributed by atoms with Gasteiger partial charge in [0.05, 0.1) is 5.69 Å². The molecule has 0 aliphatic carbocycles. The van der Waals surface area contributed by atoms with Crippen LogP contribution in [0.3, 0.4) is 0 Å². The third-order valence-corrected chi connectivity index (χ3v) is 2.82. The molecule has 19 heavy (non-hydrogen) atoms. The van der Waals surface area contributed by atoms with Gasteiger partial charge in [-0.25, -0.2) is 4.68 Å². The van der Waals surface area contributed by atoms with Crippen LogP contribution in [-0.4, -0.2) is 38.9 Å². The van der Waals surface area contributed by atoms with Crippen molar-refractivity contribution in [1.29, 1.82) is 0 Å². The summed E-state index contributed by atoms with van der Waals surface area (Å²) in [5.74, 6) is -0.592. The Kier molecular flexibility index (Phi) is 3.81. The van der Waals surface area contributed by atoms with Gasteiger partial charge in [-0.3, -0.25) is 9.59 Å². The number of hydrogen-bond donors (Lipinski definition) is 1. The molecule has 2 rings (SSSR count). The Morgan fingerprint density at radius 3 is 2.95 bits per heavy atom. The van der Waals surface area contributed by atoms with Gasteiger partial charge in [0.25, 0.3) is 5.91 Å². The zero-order valence-corrected chi connectivity index (χ0v) is 10.9. The van der Waals surface area contributed by atoms with Crippen molar-refractivity contribution >= 4 is 30.1 Å². The number of carbonyl (C=O) groups excluding carboxylic acids is 2. The highest BCUT2D eigenvalue weighted by Gasteiger charge is 2.13. The number of amides is 1. The molecule has 0 unspecified atom stereocenters. The van der Waals surface area contributed by atoms with Crippen LogP contribution in [-0.2, 0) is 9.59 Å². The largest absolute Gasteiger partial charge is 0.306 e. The van der Waals surface area contributed by atoms with Gasteiger partial charge < -0.3 is 4.90 Å². The Labute approximate surface area is 113 Å². The van der Waals surface area contributed by atoms with Crippen LogP contribution in [0.2, 0.25) is 0 Å². The summed E-state index contributed by atoms with van der Waals surface area (Å²) in [6.07, 6.45) is 0.291. The molecule has 1 aromatic carbocycles. The van der Waals surface area contributed by atoms with E-state index in [0.717, 1.165) is 0 Å². The van der Waals surface area contributed by atoms with Gasteiger partial charge in [0.15, 0.2) is 0 Å². The van der Waals surface area contributed by atoms with Crippen molar-refractivity contribution < 1.29 is 9.59 Å². The van der Waals surface area contributed by atoms with Crippen LogP contribution in [0.4, 0.5) is 5.69 Å². The predicted molar refractivity (Wildman–Crippen MR) is 70.6 cm³/mol. The molecule has 0 saturated heterocycles. The first kappa shape index (κ1) is 13.1. The summed E-state index contributed by atoms with van der Waals surface area (Å²) >= 11 is 5.00. The summed E-state index contributed by atoms with van der Waals surface area (Å²) in [5, 5.41) is 9.89. The molecule has 0 fully saturated rings. The quantitative estimate of drug-likeness (QED) is 0.509. The zero-order chi connectivity index (χ0) is 13.8. The van der Waals surface area contributed by atoms with Crippen molar-refractivity contribution in [3.63, 3.8) is 0 Å². The third kappa shape index (κ3) is 2.58. The maximum Gasteiger partial charge on any atom is 0.291 e. The highest BCUT2D eigenvalue weighted by Crippen LogP contribution is 2.18. The SMILES string of the molecule is CCN(C(=O)C=O)c1cccc(-n2[nH]nnc2=S)c1. The predicted octanol–water partition coefficient (Wildman–Crippen LogP) is 0.877. The fourth-order valence-corrected chi connectivity index (χ4v) is 1.88. The number of carbonyl (C=O) groups is 2. The minimum absolute atomic E-state index is 0.280. The molecule has 1 heterocycles. The number of benzene rings is 1. The number of likely N-dealkylation sites (N-methyl/N-ethyl adjacent to an activating group) is 1. The number of aromatic nitrogens is 4. The Bertz CT molecular complexity index is 663. The lowest BCUT2D eigenvalue weighted by Crippen LogP contribution is -2.31. The number of hydrogen-bond acceptors (Lipinski definition) is 5. The standard InChI is InChI=1S/C11H11N5O2S/c1-2-15(10(18)7-17)8-4-3-5-9(6-8)16-11(19)12-13-14-16/h3-7H,2H2,1H3,(H,12,14,19). The van der Waals surface area contributed by atoms with Crippen molar-refractivity contribution in [2.75, 3.05) is 11.4 Å². The van der Waals surface area contributed by atoms with E-state index >= 15 is 0 Å². The normalized spacial score (nSPS) is 10.2. The van der Waals surface area contributed by atoms with Crippen molar-refractivity contribution in [2.24, 2.45) is 0 Å². The van der Waals surface area contributed by atoms with Gasteiger partial charge >= 0.3 is 0 Å². The summed E-state index contributed by atoms with van der Waals surface area (Å²) < 4.78 is 1.78. The van der Waals surface area contributed by atoms with Crippen molar-refractivity contribution in [1.82, 2.24) is 20.2 Å². The smallest absolute Gasteiger partial charge is 0.291 e. The maximum absolute atomic E-state index is 11.5. The number of aromatic amines is 1. The Morgan fingerprint density at radius 1 is 1.58 bits per heavy atom. The molecule has 0 saturated carbocycles. The van der Waals surface area contributed by atoms with Crippen LogP contribution >= 0.6 is 12.2 Å². The topological polar surface area (TPSA) is 83.9 Å². The van der Waals surface area contributed by atoms with Gasteiger partial charge in [0, 0.05) is 12.2 Å². The minimum Gasteiger partial charge on any atom is -0.306 e. The number of anilines is 1. The molecule has 0 radical (unpaired) electrons. The van der Waals surface area contributed by atoms with Crippen LogP contribution < -0.4 is 4.90 Å². The summed E-state index contributed by atoms with van der Waals surface area (Å²) in [6, 6.07) is 7.01. The molecule has 1 amide bonds. The average molecular weight is 277 g/mol. The van der Waals surface area contributed by atoms with Gasteiger partial charge in [-0.15, -0.1) is 0 Å². The van der Waals surface area contributed by atoms with Crippen molar-refractivity contribution in [3.05, 3.63) is 29.0 Å². The Hall–Kier alpha value is -2.35. The highest BCUT2D eigenvalue weighted by atomic mass is 32.1. The van der Waals surface area contributed by atoms with E-state index in [0.29, 0.717) is 24.2 Å². The molecular weight excluding hydrogens is 266 g/mol. The summed E-state index contributed by atoms with van der Waals surface area (Å²) in [4.78, 5) is 23.5. The highest BCUT2D eigenvalue weighted by molar-refractivity contribution is 7.71. The van der Waals surface area contributed by atoms with Crippen LogP contribution in [0, 0.1) is 4.77 Å². The Morgan fingerprint density at radius 2 is 2.37 bits per heavy atom. The van der Waals surface area contributed by atoms with E-state index < -0.39 is 5.91 Å². The van der Waals surface area contributed by atoms with Crippen molar-refractivity contribution in [3.8, 4) is 5.69 Å². The van der Waals surface area contributed by atoms with Gasteiger partial charge in [-0.2, -0.15) is 5.21 Å². The van der Waals surface area contributed by atoms with Gasteiger partial charge in [-0.1, -0.05) is 16.4 Å². The zero-order valence-electron chi connectivity index (χ0n) is 10.1. The third-order valence-electron chi connectivity index (χ3n) is 2.55. The number of H-pyrrole nitrogens is 1. The molecule has 0 atom stereocenters. The molecule has 8 heteroatoms. The first-order valence-electron chi connectivity index (χ1n) is 5.54. The molecule has 0 spiro atoms. The molecule has 7 nitrogen and oxygen atoms in total. The number of nitrogens with one attached hydrogen (secondary N) is 1. The second-order valence-corrected chi connectivity index (χ2v) is 4.00. The fourth-order valence-electron chi connectivity index (χ4n) is 1.69. The van der Waals surface area contributed by atoms with E-state index in [1.54, 1.807) is 31.2 Å². The molecular formula is C11H11N5O2S. The van der Waals surface area contributed by atoms with Gasteiger partial charge in [0.2, 0.25) is 11.1 Å². The molecule has 1 aromatic heterocycles. The number of aldehydes is 1. The van der Waals surface area contributed by atoms with Gasteiger partial charge in [0.1, 0.15) is 0 Å². The van der Waals surface area contributed by atoms with E-state index in [1.807, 2.05) is 0 Å². The molecule has 2 aromatic rings. The molecule has 1 N–H and O–H groups in total. The van der Waals surface area contributed by atoms with Crippen LogP contribution in [0.5, 0.6) is 0 Å². The second kappa shape index (κ2) is 5.53. The molecule has 0 aliphatic rings. The lowest BCUT2D eigenvalue weighted by Gasteiger charge is -2.18. The van der Waals surface area contributed by atoms with E-state index in [9.17, 15) is 9.59 Å². The summed E-state index contributed by atoms with van der Waals surface area (Å²) in [6.45, 7) is 2.19. The van der Waals surface area contributed by atoms with Crippen LogP contribution in [0.15, 0.2) is 24.3 Å². The van der Waals surface area contributed by atoms with E-state index in [4.69, 9.17) is 12.2 Å². The van der Waals surface area contributed by atoms with Gasteiger partial charge in [-0.05, 0) is 37.3 Å². The molecule has 0 aliphatic heterocycles. The lowest BCUT2D eigenvalue weighted by atomic mass is 10.2. The number of rotatable bonds is 4. The first-order chi connectivity index (χ1) is 9.17.